The first-order valence-electron chi connectivity index (χ1n) is 4.87. The van der Waals surface area contributed by atoms with Gasteiger partial charge in [-0.2, -0.15) is 0 Å². The lowest BCUT2D eigenvalue weighted by Crippen LogP contribution is -2.22. The number of amides is 2. The lowest BCUT2D eigenvalue weighted by Gasteiger charge is -2.02. The predicted molar refractivity (Wildman–Crippen MR) is 51.6 cm³/mol. The largest absolute Gasteiger partial charge is 0.381 e. The highest BCUT2D eigenvalue weighted by Crippen LogP contribution is 2.07. The van der Waals surface area contributed by atoms with Gasteiger partial charge in [-0.05, 0) is 6.42 Å². The minimum absolute atomic E-state index is 0.283. The van der Waals surface area contributed by atoms with Crippen LogP contribution in [0.4, 0.5) is 0 Å². The normalized spacial score (nSPS) is 15.6. The fraction of sp³-hybridized carbons (Fsp3) is 0.600. The summed E-state index contributed by atoms with van der Waals surface area (Å²) in [7, 11) is 0. The zero-order chi connectivity index (χ0) is 10.4. The summed E-state index contributed by atoms with van der Waals surface area (Å²) >= 11 is 0. The van der Waals surface area contributed by atoms with Crippen LogP contribution >= 0.6 is 0 Å². The highest BCUT2D eigenvalue weighted by atomic mass is 16.5. The van der Waals surface area contributed by atoms with Crippen molar-refractivity contribution in [2.24, 2.45) is 0 Å². The highest BCUT2D eigenvalue weighted by Gasteiger charge is 2.19. The third-order valence-corrected chi connectivity index (χ3v) is 1.99. The molecule has 78 valence electrons. The lowest BCUT2D eigenvalue weighted by atomic mass is 10.2. The molecule has 0 aromatic heterocycles. The van der Waals surface area contributed by atoms with Crippen LogP contribution in [0.5, 0.6) is 0 Å². The topological polar surface area (TPSA) is 55.4 Å². The summed E-state index contributed by atoms with van der Waals surface area (Å²) in [4.78, 5) is 21.8. The predicted octanol–water partition coefficient (Wildman–Crippen LogP) is 0.776. The molecule has 0 saturated heterocycles. The molecule has 4 nitrogen and oxygen atoms in total. The van der Waals surface area contributed by atoms with E-state index in [2.05, 4.69) is 12.2 Å². The standard InChI is InChI=1S/C10H15NO3/c1-2-3-5-14-6-4-8-7-9(12)11-10(8)13/h7H,2-6H2,1H3,(H,11,12,13). The number of nitrogens with one attached hydrogen (secondary N) is 1. The third-order valence-electron chi connectivity index (χ3n) is 1.99. The van der Waals surface area contributed by atoms with Gasteiger partial charge in [-0.15, -0.1) is 0 Å². The van der Waals surface area contributed by atoms with Crippen molar-refractivity contribution < 1.29 is 14.3 Å². The maximum absolute atomic E-state index is 11.0. The summed E-state index contributed by atoms with van der Waals surface area (Å²) in [6.45, 7) is 3.32. The van der Waals surface area contributed by atoms with E-state index in [1.54, 1.807) is 0 Å². The Morgan fingerprint density at radius 1 is 1.36 bits per heavy atom. The second-order valence-corrected chi connectivity index (χ2v) is 3.20. The van der Waals surface area contributed by atoms with Gasteiger partial charge in [0.05, 0.1) is 6.61 Å². The first-order valence-corrected chi connectivity index (χ1v) is 4.87. The van der Waals surface area contributed by atoms with Crippen LogP contribution in [0.2, 0.25) is 0 Å². The molecule has 0 atom stereocenters. The molecule has 1 rings (SSSR count). The zero-order valence-corrected chi connectivity index (χ0v) is 8.34. The molecule has 1 aliphatic rings. The van der Waals surface area contributed by atoms with Crippen LogP contribution in [0, 0.1) is 0 Å². The Morgan fingerprint density at radius 2 is 2.14 bits per heavy atom. The van der Waals surface area contributed by atoms with Gasteiger partial charge in [0.15, 0.2) is 0 Å². The van der Waals surface area contributed by atoms with Crippen molar-refractivity contribution in [3.63, 3.8) is 0 Å². The van der Waals surface area contributed by atoms with E-state index in [9.17, 15) is 9.59 Å². The van der Waals surface area contributed by atoms with Gasteiger partial charge in [0, 0.05) is 24.7 Å². The average Bonchev–Trinajstić information content (AvgIpc) is 2.45. The lowest BCUT2D eigenvalue weighted by molar-refractivity contribution is -0.123. The van der Waals surface area contributed by atoms with Crippen LogP contribution in [-0.2, 0) is 14.3 Å². The Bertz CT molecular complexity index is 258. The van der Waals surface area contributed by atoms with Crippen molar-refractivity contribution in [3.05, 3.63) is 11.6 Å². The van der Waals surface area contributed by atoms with Crippen molar-refractivity contribution in [1.82, 2.24) is 5.32 Å². The van der Waals surface area contributed by atoms with Crippen LogP contribution in [0.3, 0.4) is 0 Å². The van der Waals surface area contributed by atoms with Gasteiger partial charge in [0.1, 0.15) is 0 Å². The molecule has 0 radical (unpaired) electrons. The van der Waals surface area contributed by atoms with E-state index in [1.807, 2.05) is 0 Å². The number of ether oxygens (including phenoxy) is 1. The molecular formula is C10H15NO3. The molecule has 0 aromatic rings. The number of hydrogen-bond acceptors (Lipinski definition) is 3. The van der Waals surface area contributed by atoms with E-state index in [0.717, 1.165) is 19.4 Å². The van der Waals surface area contributed by atoms with E-state index in [4.69, 9.17) is 4.74 Å². The Morgan fingerprint density at radius 3 is 2.71 bits per heavy atom. The maximum atomic E-state index is 11.0. The SMILES string of the molecule is CCCCOCCC1=CC(=O)NC1=O. The van der Waals surface area contributed by atoms with Crippen LogP contribution in [0.1, 0.15) is 26.2 Å². The number of carbonyl (C=O) groups excluding carboxylic acids is 2. The van der Waals surface area contributed by atoms with E-state index in [0.29, 0.717) is 18.6 Å². The summed E-state index contributed by atoms with van der Waals surface area (Å²) < 4.78 is 5.29. The van der Waals surface area contributed by atoms with E-state index in [1.165, 1.54) is 6.08 Å². The first kappa shape index (κ1) is 10.9. The molecule has 0 unspecified atom stereocenters. The van der Waals surface area contributed by atoms with Crippen LogP contribution < -0.4 is 5.32 Å². The van der Waals surface area contributed by atoms with Crippen molar-refractivity contribution in [3.8, 4) is 0 Å². The number of rotatable bonds is 6. The van der Waals surface area contributed by atoms with Crippen LogP contribution in [-0.4, -0.2) is 25.0 Å². The van der Waals surface area contributed by atoms with E-state index in [-0.39, 0.29) is 11.8 Å². The summed E-state index contributed by atoms with van der Waals surface area (Å²) in [6, 6.07) is 0. The number of unbranched alkanes of at least 4 members (excludes halogenated alkanes) is 1. The van der Waals surface area contributed by atoms with Crippen LogP contribution in [0.15, 0.2) is 11.6 Å². The van der Waals surface area contributed by atoms with Gasteiger partial charge in [0.2, 0.25) is 0 Å². The number of carbonyl (C=O) groups is 2. The molecule has 1 aliphatic heterocycles. The summed E-state index contributed by atoms with van der Waals surface area (Å²) in [5.74, 6) is -0.604. The molecule has 2 amide bonds. The van der Waals surface area contributed by atoms with Gasteiger partial charge in [0.25, 0.3) is 11.8 Å². The monoisotopic (exact) mass is 197 g/mol. The molecule has 4 heteroatoms. The van der Waals surface area contributed by atoms with E-state index >= 15 is 0 Å². The van der Waals surface area contributed by atoms with Crippen molar-refractivity contribution in [2.75, 3.05) is 13.2 Å². The number of hydrogen-bond donors (Lipinski definition) is 1. The fourth-order valence-corrected chi connectivity index (χ4v) is 1.17. The first-order chi connectivity index (χ1) is 6.74. The minimum atomic E-state index is -0.321. The zero-order valence-electron chi connectivity index (χ0n) is 8.34. The van der Waals surface area contributed by atoms with Gasteiger partial charge in [-0.25, -0.2) is 0 Å². The summed E-state index contributed by atoms with van der Waals surface area (Å²) in [5, 5.41) is 2.19. The molecule has 0 bridgehead atoms. The van der Waals surface area contributed by atoms with Gasteiger partial charge >= 0.3 is 0 Å². The van der Waals surface area contributed by atoms with Gasteiger partial charge < -0.3 is 4.74 Å². The molecule has 0 aromatic carbocycles. The summed E-state index contributed by atoms with van der Waals surface area (Å²) in [6.07, 6.45) is 3.98. The van der Waals surface area contributed by atoms with Crippen molar-refractivity contribution in [1.29, 1.82) is 0 Å². The molecule has 0 aliphatic carbocycles. The second-order valence-electron chi connectivity index (χ2n) is 3.20. The quantitative estimate of drug-likeness (QED) is 0.505. The Labute approximate surface area is 83.3 Å². The maximum Gasteiger partial charge on any atom is 0.254 e. The molecule has 1 N–H and O–H groups in total. The van der Waals surface area contributed by atoms with Crippen LogP contribution in [0.25, 0.3) is 0 Å². The molecule has 1 heterocycles. The van der Waals surface area contributed by atoms with Crippen molar-refractivity contribution in [2.45, 2.75) is 26.2 Å². The molecular weight excluding hydrogens is 182 g/mol. The number of imide groups is 1. The Balaban J connectivity index is 2.15. The molecule has 14 heavy (non-hydrogen) atoms. The Kier molecular flexibility index (Phi) is 4.32. The highest BCUT2D eigenvalue weighted by molar-refractivity contribution is 6.16. The average molecular weight is 197 g/mol. The molecule has 0 spiro atoms. The smallest absolute Gasteiger partial charge is 0.254 e. The second kappa shape index (κ2) is 5.54. The molecule has 0 fully saturated rings. The van der Waals surface area contributed by atoms with E-state index < -0.39 is 0 Å². The van der Waals surface area contributed by atoms with Gasteiger partial charge in [-0.1, -0.05) is 13.3 Å². The van der Waals surface area contributed by atoms with Gasteiger partial charge in [-0.3, -0.25) is 14.9 Å². The molecule has 0 saturated carbocycles. The third kappa shape index (κ3) is 3.30. The van der Waals surface area contributed by atoms with Crippen molar-refractivity contribution >= 4 is 11.8 Å². The Hall–Kier alpha value is -1.16. The summed E-state index contributed by atoms with van der Waals surface area (Å²) in [5.41, 5.74) is 0.520. The minimum Gasteiger partial charge on any atom is -0.381 e. The fourth-order valence-electron chi connectivity index (χ4n) is 1.17.